The molecular formula is C22H18N2O5. The summed E-state index contributed by atoms with van der Waals surface area (Å²) in [4.78, 5) is 42.5. The van der Waals surface area contributed by atoms with Gasteiger partial charge in [0.2, 0.25) is 5.89 Å². The molecule has 1 aliphatic heterocycles. The SMILES string of the molecule is CC(=O)Oc1ccc(CC(c2ncc(C)o2)N2C(=O)c3ccccc3C2=O)cc1. The largest absolute Gasteiger partial charge is 0.444 e. The van der Waals surface area contributed by atoms with Gasteiger partial charge in [0.1, 0.15) is 17.6 Å². The second-order valence-electron chi connectivity index (χ2n) is 6.79. The van der Waals surface area contributed by atoms with Gasteiger partial charge in [-0.2, -0.15) is 0 Å². The van der Waals surface area contributed by atoms with E-state index in [0.717, 1.165) is 5.56 Å². The van der Waals surface area contributed by atoms with E-state index < -0.39 is 12.0 Å². The summed E-state index contributed by atoms with van der Waals surface area (Å²) in [6.45, 7) is 3.08. The van der Waals surface area contributed by atoms with E-state index in [1.807, 2.05) is 0 Å². The van der Waals surface area contributed by atoms with Crippen LogP contribution in [0.3, 0.4) is 0 Å². The molecular weight excluding hydrogens is 372 g/mol. The molecule has 1 atom stereocenters. The minimum Gasteiger partial charge on any atom is -0.444 e. The Bertz CT molecular complexity index is 1070. The monoisotopic (exact) mass is 390 g/mol. The molecule has 7 heteroatoms. The molecule has 3 aromatic rings. The number of rotatable bonds is 5. The number of nitrogens with zero attached hydrogens (tertiary/aromatic N) is 2. The number of hydrogen-bond acceptors (Lipinski definition) is 6. The van der Waals surface area contributed by atoms with Crippen LogP contribution < -0.4 is 4.74 Å². The molecule has 2 heterocycles. The predicted octanol–water partition coefficient (Wildman–Crippen LogP) is 3.49. The Morgan fingerprint density at radius 1 is 1.07 bits per heavy atom. The number of aryl methyl sites for hydroxylation is 1. The molecule has 4 rings (SSSR count). The van der Waals surface area contributed by atoms with Gasteiger partial charge >= 0.3 is 5.97 Å². The number of carbonyl (C=O) groups excluding carboxylic acids is 3. The molecule has 146 valence electrons. The van der Waals surface area contributed by atoms with Crippen molar-refractivity contribution in [3.8, 4) is 5.75 Å². The normalized spacial score (nSPS) is 14.1. The topological polar surface area (TPSA) is 89.7 Å². The Hall–Kier alpha value is -3.74. The highest BCUT2D eigenvalue weighted by atomic mass is 16.5. The Kier molecular flexibility index (Phi) is 4.72. The summed E-state index contributed by atoms with van der Waals surface area (Å²) in [7, 11) is 0. The number of fused-ring (bicyclic) bond motifs is 1. The number of aromatic nitrogens is 1. The summed E-state index contributed by atoms with van der Waals surface area (Å²) < 4.78 is 10.7. The maximum absolute atomic E-state index is 13.0. The van der Waals surface area contributed by atoms with Crippen molar-refractivity contribution >= 4 is 17.8 Å². The molecule has 7 nitrogen and oxygen atoms in total. The van der Waals surface area contributed by atoms with Crippen molar-refractivity contribution in [3.63, 3.8) is 0 Å². The predicted molar refractivity (Wildman–Crippen MR) is 102 cm³/mol. The Labute approximate surface area is 166 Å². The summed E-state index contributed by atoms with van der Waals surface area (Å²) in [6.07, 6.45) is 1.87. The average Bonchev–Trinajstić information content (AvgIpc) is 3.23. The van der Waals surface area contributed by atoms with Crippen LogP contribution in [0.2, 0.25) is 0 Å². The van der Waals surface area contributed by atoms with E-state index in [4.69, 9.17) is 9.15 Å². The number of carbonyl (C=O) groups is 3. The van der Waals surface area contributed by atoms with Crippen LogP contribution in [0.25, 0.3) is 0 Å². The second kappa shape index (κ2) is 7.35. The van der Waals surface area contributed by atoms with E-state index in [-0.39, 0.29) is 11.8 Å². The maximum atomic E-state index is 13.0. The van der Waals surface area contributed by atoms with Crippen LogP contribution in [0, 0.1) is 6.92 Å². The molecule has 0 radical (unpaired) electrons. The number of amides is 2. The van der Waals surface area contributed by atoms with Gasteiger partial charge in [-0.1, -0.05) is 24.3 Å². The van der Waals surface area contributed by atoms with Crippen LogP contribution in [0.15, 0.2) is 59.1 Å². The standard InChI is InChI=1S/C22H18N2O5/c1-13-12-23-20(28-13)19(11-15-7-9-16(10-8-15)29-14(2)25)24-21(26)17-5-3-4-6-18(17)22(24)27/h3-10,12,19H,11H2,1-2H3. The van der Waals surface area contributed by atoms with Crippen molar-refractivity contribution in [2.75, 3.05) is 0 Å². The second-order valence-corrected chi connectivity index (χ2v) is 6.79. The molecule has 0 N–H and O–H groups in total. The summed E-state index contributed by atoms with van der Waals surface area (Å²) in [5.41, 5.74) is 1.57. The van der Waals surface area contributed by atoms with Crippen molar-refractivity contribution in [1.29, 1.82) is 0 Å². The van der Waals surface area contributed by atoms with Crippen LogP contribution in [0.5, 0.6) is 5.75 Å². The van der Waals surface area contributed by atoms with Crippen molar-refractivity contribution in [3.05, 3.63) is 83.1 Å². The van der Waals surface area contributed by atoms with Crippen molar-refractivity contribution in [1.82, 2.24) is 9.88 Å². The van der Waals surface area contributed by atoms with E-state index in [0.29, 0.717) is 34.9 Å². The van der Waals surface area contributed by atoms with Gasteiger partial charge in [0, 0.05) is 13.3 Å². The zero-order valence-electron chi connectivity index (χ0n) is 15.9. The number of hydrogen-bond donors (Lipinski definition) is 0. The highest BCUT2D eigenvalue weighted by Gasteiger charge is 2.42. The fraction of sp³-hybridized carbons (Fsp3) is 0.182. The first kappa shape index (κ1) is 18.6. The average molecular weight is 390 g/mol. The third-order valence-electron chi connectivity index (χ3n) is 4.68. The van der Waals surface area contributed by atoms with Crippen LogP contribution in [-0.4, -0.2) is 27.7 Å². The number of benzene rings is 2. The van der Waals surface area contributed by atoms with Gasteiger partial charge in [-0.05, 0) is 36.8 Å². The number of ether oxygens (including phenoxy) is 1. The molecule has 1 aromatic heterocycles. The third-order valence-corrected chi connectivity index (χ3v) is 4.68. The quantitative estimate of drug-likeness (QED) is 0.376. The van der Waals surface area contributed by atoms with E-state index in [1.54, 1.807) is 61.7 Å². The number of oxazole rings is 1. The molecule has 0 saturated carbocycles. The van der Waals surface area contributed by atoms with Crippen molar-refractivity contribution in [2.45, 2.75) is 26.3 Å². The lowest BCUT2D eigenvalue weighted by Crippen LogP contribution is -2.35. The Morgan fingerprint density at radius 3 is 2.21 bits per heavy atom. The first-order chi connectivity index (χ1) is 13.9. The summed E-state index contributed by atoms with van der Waals surface area (Å²) in [5, 5.41) is 0. The Morgan fingerprint density at radius 2 is 1.69 bits per heavy atom. The Balaban J connectivity index is 1.68. The molecule has 0 bridgehead atoms. The molecule has 2 amide bonds. The minimum absolute atomic E-state index is 0.293. The summed E-state index contributed by atoms with van der Waals surface area (Å²) in [6, 6.07) is 12.9. The van der Waals surface area contributed by atoms with Gasteiger partial charge in [-0.3, -0.25) is 19.3 Å². The van der Waals surface area contributed by atoms with E-state index >= 15 is 0 Å². The smallest absolute Gasteiger partial charge is 0.308 e. The highest BCUT2D eigenvalue weighted by Crippen LogP contribution is 2.33. The molecule has 2 aromatic carbocycles. The summed E-state index contributed by atoms with van der Waals surface area (Å²) >= 11 is 0. The number of imide groups is 1. The maximum Gasteiger partial charge on any atom is 0.308 e. The molecule has 1 unspecified atom stereocenters. The van der Waals surface area contributed by atoms with Crippen LogP contribution >= 0.6 is 0 Å². The highest BCUT2D eigenvalue weighted by molar-refractivity contribution is 6.21. The molecule has 29 heavy (non-hydrogen) atoms. The van der Waals surface area contributed by atoms with Gasteiger partial charge < -0.3 is 9.15 Å². The molecule has 0 spiro atoms. The fourth-order valence-corrected chi connectivity index (χ4v) is 3.39. The number of esters is 1. The van der Waals surface area contributed by atoms with Crippen LogP contribution in [0.1, 0.15) is 50.9 Å². The van der Waals surface area contributed by atoms with Crippen LogP contribution in [0.4, 0.5) is 0 Å². The van der Waals surface area contributed by atoms with Gasteiger partial charge in [0.25, 0.3) is 11.8 Å². The van der Waals surface area contributed by atoms with Crippen LogP contribution in [-0.2, 0) is 11.2 Å². The molecule has 0 saturated heterocycles. The lowest BCUT2D eigenvalue weighted by atomic mass is 10.0. The van der Waals surface area contributed by atoms with Gasteiger partial charge in [-0.25, -0.2) is 4.98 Å². The van der Waals surface area contributed by atoms with Gasteiger partial charge in [0.15, 0.2) is 0 Å². The first-order valence-corrected chi connectivity index (χ1v) is 9.10. The zero-order chi connectivity index (χ0) is 20.5. The van der Waals surface area contributed by atoms with E-state index in [2.05, 4.69) is 4.98 Å². The lowest BCUT2D eigenvalue weighted by Gasteiger charge is -2.24. The molecule has 0 aliphatic carbocycles. The first-order valence-electron chi connectivity index (χ1n) is 9.10. The molecule has 1 aliphatic rings. The summed E-state index contributed by atoms with van der Waals surface area (Å²) in [5.74, 6) is 0.154. The van der Waals surface area contributed by atoms with Gasteiger partial charge in [0.05, 0.1) is 17.3 Å². The fourth-order valence-electron chi connectivity index (χ4n) is 3.39. The molecule has 0 fully saturated rings. The van der Waals surface area contributed by atoms with E-state index in [1.165, 1.54) is 11.8 Å². The van der Waals surface area contributed by atoms with Crippen molar-refractivity contribution < 1.29 is 23.5 Å². The zero-order valence-corrected chi connectivity index (χ0v) is 15.9. The minimum atomic E-state index is -0.698. The van der Waals surface area contributed by atoms with E-state index in [9.17, 15) is 14.4 Å². The third kappa shape index (κ3) is 3.54. The van der Waals surface area contributed by atoms with Crippen molar-refractivity contribution in [2.24, 2.45) is 0 Å². The lowest BCUT2D eigenvalue weighted by molar-refractivity contribution is -0.131. The van der Waals surface area contributed by atoms with Gasteiger partial charge in [-0.15, -0.1) is 0 Å².